The van der Waals surface area contributed by atoms with Crippen LogP contribution < -0.4 is 15.4 Å². The van der Waals surface area contributed by atoms with Crippen LogP contribution in [0, 0.1) is 0 Å². The van der Waals surface area contributed by atoms with Gasteiger partial charge in [-0.3, -0.25) is 4.79 Å². The van der Waals surface area contributed by atoms with Gasteiger partial charge in [-0.1, -0.05) is 13.3 Å². The topological polar surface area (TPSA) is 70.6 Å². The maximum atomic E-state index is 10.4. The highest BCUT2D eigenvalue weighted by atomic mass is 32.1. The normalized spacial score (nSPS) is 9.85. The third kappa shape index (κ3) is 6.94. The molecule has 110 valence electrons. The molecule has 0 heterocycles. The summed E-state index contributed by atoms with van der Waals surface area (Å²) in [6.45, 7) is 3.15. The van der Waals surface area contributed by atoms with E-state index in [2.05, 4.69) is 17.6 Å². The van der Waals surface area contributed by atoms with Crippen LogP contribution in [0.25, 0.3) is 0 Å². The largest absolute Gasteiger partial charge is 0.494 e. The van der Waals surface area contributed by atoms with E-state index in [4.69, 9.17) is 22.1 Å². The summed E-state index contributed by atoms with van der Waals surface area (Å²) in [5.41, 5.74) is 0.834. The fraction of sp³-hybridized carbons (Fsp3) is 0.429. The molecule has 5 nitrogen and oxygen atoms in total. The Kier molecular flexibility index (Phi) is 7.42. The molecular formula is C14H20N2O3S. The molecule has 0 spiro atoms. The van der Waals surface area contributed by atoms with Crippen LogP contribution in [-0.2, 0) is 4.79 Å². The molecular weight excluding hydrogens is 276 g/mol. The molecule has 3 N–H and O–H groups in total. The minimum Gasteiger partial charge on any atom is -0.494 e. The third-order valence-corrected chi connectivity index (χ3v) is 2.75. The van der Waals surface area contributed by atoms with Gasteiger partial charge in [-0.15, -0.1) is 0 Å². The van der Waals surface area contributed by atoms with Crippen LogP contribution in [0.5, 0.6) is 5.75 Å². The number of thiocarbonyl (C=S) groups is 1. The number of carboxylic acid groups (broad SMARTS) is 1. The first-order chi connectivity index (χ1) is 9.61. The molecule has 0 bridgehead atoms. The number of ether oxygens (including phenoxy) is 1. The number of unbranched alkanes of at least 4 members (excludes halogenated alkanes) is 1. The Morgan fingerprint density at radius 2 is 2.05 bits per heavy atom. The van der Waals surface area contributed by atoms with Gasteiger partial charge in [-0.05, 0) is 42.9 Å². The molecule has 0 amide bonds. The van der Waals surface area contributed by atoms with Crippen molar-refractivity contribution in [2.75, 3.05) is 18.5 Å². The highest BCUT2D eigenvalue weighted by Gasteiger charge is 2.00. The van der Waals surface area contributed by atoms with Crippen molar-refractivity contribution in [1.82, 2.24) is 5.32 Å². The molecule has 6 heteroatoms. The van der Waals surface area contributed by atoms with Gasteiger partial charge in [0.1, 0.15) is 5.75 Å². The lowest BCUT2D eigenvalue weighted by Crippen LogP contribution is -2.30. The summed E-state index contributed by atoms with van der Waals surface area (Å²) in [5, 5.41) is 14.7. The van der Waals surface area contributed by atoms with Gasteiger partial charge in [0.05, 0.1) is 13.0 Å². The van der Waals surface area contributed by atoms with Crippen LogP contribution in [0.1, 0.15) is 26.2 Å². The van der Waals surface area contributed by atoms with Crippen molar-refractivity contribution in [1.29, 1.82) is 0 Å². The molecule has 1 rings (SSSR count). The van der Waals surface area contributed by atoms with Crippen molar-refractivity contribution in [3.8, 4) is 5.75 Å². The summed E-state index contributed by atoms with van der Waals surface area (Å²) in [6.07, 6.45) is 2.18. The number of benzene rings is 1. The van der Waals surface area contributed by atoms with E-state index in [9.17, 15) is 4.79 Å². The molecule has 0 aliphatic rings. The van der Waals surface area contributed by atoms with E-state index >= 15 is 0 Å². The lowest BCUT2D eigenvalue weighted by Gasteiger charge is -2.10. The number of hydrogen-bond acceptors (Lipinski definition) is 3. The molecule has 1 aromatic rings. The van der Waals surface area contributed by atoms with Gasteiger partial charge in [-0.2, -0.15) is 0 Å². The van der Waals surface area contributed by atoms with E-state index in [-0.39, 0.29) is 6.42 Å². The van der Waals surface area contributed by atoms with Gasteiger partial charge in [0, 0.05) is 12.2 Å². The van der Waals surface area contributed by atoms with Crippen molar-refractivity contribution < 1.29 is 14.6 Å². The summed E-state index contributed by atoms with van der Waals surface area (Å²) in [6, 6.07) is 7.48. The average molecular weight is 296 g/mol. The molecule has 0 aromatic heterocycles. The predicted molar refractivity (Wildman–Crippen MR) is 83.3 cm³/mol. The third-order valence-electron chi connectivity index (χ3n) is 2.50. The van der Waals surface area contributed by atoms with Crippen LogP contribution in [0.4, 0.5) is 5.69 Å². The Morgan fingerprint density at radius 1 is 1.35 bits per heavy atom. The van der Waals surface area contributed by atoms with Gasteiger partial charge in [-0.25, -0.2) is 0 Å². The van der Waals surface area contributed by atoms with Crippen molar-refractivity contribution in [2.24, 2.45) is 0 Å². The Morgan fingerprint density at radius 3 is 2.65 bits per heavy atom. The molecule has 0 saturated heterocycles. The van der Waals surface area contributed by atoms with Crippen molar-refractivity contribution in [3.63, 3.8) is 0 Å². The van der Waals surface area contributed by atoms with Crippen LogP contribution in [0.2, 0.25) is 0 Å². The molecule has 0 atom stereocenters. The zero-order valence-electron chi connectivity index (χ0n) is 11.5. The minimum absolute atomic E-state index is 0.0338. The fourth-order valence-electron chi connectivity index (χ4n) is 1.43. The Balaban J connectivity index is 2.33. The molecule has 0 unspecified atom stereocenters. The van der Waals surface area contributed by atoms with Crippen molar-refractivity contribution >= 4 is 29.0 Å². The summed E-state index contributed by atoms with van der Waals surface area (Å²) in [5.74, 6) is -0.0253. The van der Waals surface area contributed by atoms with Gasteiger partial charge >= 0.3 is 5.97 Å². The van der Waals surface area contributed by atoms with Crippen molar-refractivity contribution in [2.45, 2.75) is 26.2 Å². The summed E-state index contributed by atoms with van der Waals surface area (Å²) < 4.78 is 5.56. The average Bonchev–Trinajstić information content (AvgIpc) is 2.40. The zero-order valence-corrected chi connectivity index (χ0v) is 12.3. The SMILES string of the molecule is CCCCOc1ccc(NC(=S)NCCC(=O)O)cc1. The standard InChI is InChI=1S/C14H20N2O3S/c1-2-3-10-19-12-6-4-11(5-7-12)16-14(20)15-9-8-13(17)18/h4-7H,2-3,8-10H2,1H3,(H,17,18)(H2,15,16,20). The number of rotatable bonds is 8. The van der Waals surface area contributed by atoms with Crippen LogP contribution in [0.3, 0.4) is 0 Å². The van der Waals surface area contributed by atoms with E-state index < -0.39 is 5.97 Å². The highest BCUT2D eigenvalue weighted by Crippen LogP contribution is 2.15. The first kappa shape index (κ1) is 16.2. The predicted octanol–water partition coefficient (Wildman–Crippen LogP) is 2.63. The van der Waals surface area contributed by atoms with E-state index in [0.29, 0.717) is 11.7 Å². The van der Waals surface area contributed by atoms with Gasteiger partial charge < -0.3 is 20.5 Å². The summed E-state index contributed by atoms with van der Waals surface area (Å²) >= 11 is 5.06. The summed E-state index contributed by atoms with van der Waals surface area (Å²) in [4.78, 5) is 10.4. The smallest absolute Gasteiger partial charge is 0.305 e. The second-order valence-electron chi connectivity index (χ2n) is 4.25. The van der Waals surface area contributed by atoms with Gasteiger partial charge in [0.2, 0.25) is 0 Å². The maximum Gasteiger partial charge on any atom is 0.305 e. The fourth-order valence-corrected chi connectivity index (χ4v) is 1.65. The Bertz CT molecular complexity index is 435. The van der Waals surface area contributed by atoms with Crippen LogP contribution in [-0.4, -0.2) is 29.3 Å². The molecule has 0 aliphatic heterocycles. The maximum absolute atomic E-state index is 10.4. The minimum atomic E-state index is -0.853. The first-order valence-electron chi connectivity index (χ1n) is 6.61. The summed E-state index contributed by atoms with van der Waals surface area (Å²) in [7, 11) is 0. The van der Waals surface area contributed by atoms with E-state index in [1.165, 1.54) is 0 Å². The number of carbonyl (C=O) groups is 1. The van der Waals surface area contributed by atoms with Gasteiger partial charge in [0.25, 0.3) is 0 Å². The van der Waals surface area contributed by atoms with Gasteiger partial charge in [0.15, 0.2) is 5.11 Å². The van der Waals surface area contributed by atoms with Crippen LogP contribution >= 0.6 is 12.2 Å². The zero-order chi connectivity index (χ0) is 14.8. The van der Waals surface area contributed by atoms with Crippen molar-refractivity contribution in [3.05, 3.63) is 24.3 Å². The Hall–Kier alpha value is -1.82. The molecule has 0 fully saturated rings. The lowest BCUT2D eigenvalue weighted by atomic mass is 10.3. The van der Waals surface area contributed by atoms with E-state index in [0.717, 1.165) is 30.9 Å². The number of nitrogens with one attached hydrogen (secondary N) is 2. The number of aliphatic carboxylic acids is 1. The highest BCUT2D eigenvalue weighted by molar-refractivity contribution is 7.80. The second kappa shape index (κ2) is 9.14. The van der Waals surface area contributed by atoms with Crippen LogP contribution in [0.15, 0.2) is 24.3 Å². The lowest BCUT2D eigenvalue weighted by molar-refractivity contribution is -0.136. The monoisotopic (exact) mass is 296 g/mol. The number of carboxylic acids is 1. The number of hydrogen-bond donors (Lipinski definition) is 3. The molecule has 0 saturated carbocycles. The second-order valence-corrected chi connectivity index (χ2v) is 4.66. The molecule has 1 aromatic carbocycles. The Labute approximate surface area is 124 Å². The first-order valence-corrected chi connectivity index (χ1v) is 7.02. The number of anilines is 1. The quantitative estimate of drug-likeness (QED) is 0.506. The molecule has 0 aliphatic carbocycles. The molecule has 0 radical (unpaired) electrons. The van der Waals surface area contributed by atoms with E-state index in [1.54, 1.807) is 0 Å². The molecule has 20 heavy (non-hydrogen) atoms. The van der Waals surface area contributed by atoms with E-state index in [1.807, 2.05) is 24.3 Å².